The Morgan fingerprint density at radius 3 is 2.71 bits per heavy atom. The summed E-state index contributed by atoms with van der Waals surface area (Å²) in [5.41, 5.74) is 2.31. The quantitative estimate of drug-likeness (QED) is 0.605. The van der Waals surface area contributed by atoms with Crippen LogP contribution in [0.3, 0.4) is 0 Å². The van der Waals surface area contributed by atoms with Crippen molar-refractivity contribution in [3.05, 3.63) is 71.2 Å². The molecular weight excluding hydrogens is 338 g/mol. The molecule has 2 nitrogen and oxygen atoms in total. The zero-order chi connectivity index (χ0) is 16.5. The van der Waals surface area contributed by atoms with Crippen LogP contribution in [0.4, 0.5) is 5.69 Å². The van der Waals surface area contributed by atoms with Crippen LogP contribution < -0.4 is 4.90 Å². The van der Waals surface area contributed by atoms with E-state index < -0.39 is 0 Å². The van der Waals surface area contributed by atoms with Crippen molar-refractivity contribution in [2.24, 2.45) is 0 Å². The van der Waals surface area contributed by atoms with Crippen LogP contribution in [0.5, 0.6) is 0 Å². The molecule has 4 heteroatoms. The van der Waals surface area contributed by atoms with E-state index in [1.807, 2.05) is 59.5 Å². The second kappa shape index (κ2) is 6.50. The number of fused-ring (bicyclic) bond motifs is 2. The van der Waals surface area contributed by atoms with Gasteiger partial charge in [-0.3, -0.25) is 4.79 Å². The number of carbonyl (C=O) groups is 1. The summed E-state index contributed by atoms with van der Waals surface area (Å²) in [7, 11) is 0. The molecule has 0 fully saturated rings. The first-order valence-corrected chi connectivity index (χ1v) is 9.29. The Balaban J connectivity index is 1.55. The fourth-order valence-electron chi connectivity index (χ4n) is 3.20. The highest BCUT2D eigenvalue weighted by Crippen LogP contribution is 2.34. The molecule has 0 aromatic heterocycles. The third kappa shape index (κ3) is 2.79. The summed E-state index contributed by atoms with van der Waals surface area (Å²) >= 11 is 7.92. The molecule has 0 bridgehead atoms. The third-order valence-corrected chi connectivity index (χ3v) is 5.71. The summed E-state index contributed by atoms with van der Waals surface area (Å²) in [6.45, 7) is 0.773. The number of hydrogen-bond acceptors (Lipinski definition) is 2. The minimum Gasteiger partial charge on any atom is -0.311 e. The van der Waals surface area contributed by atoms with E-state index in [4.69, 9.17) is 11.6 Å². The maximum absolute atomic E-state index is 12.7. The summed E-state index contributed by atoms with van der Waals surface area (Å²) in [4.78, 5) is 15.6. The normalized spacial score (nSPS) is 13.3. The molecule has 1 amide bonds. The van der Waals surface area contributed by atoms with Crippen LogP contribution in [0, 0.1) is 0 Å². The van der Waals surface area contributed by atoms with Crippen LogP contribution in [-0.2, 0) is 11.2 Å². The number of amides is 1. The van der Waals surface area contributed by atoms with Crippen molar-refractivity contribution in [3.8, 4) is 0 Å². The monoisotopic (exact) mass is 353 g/mol. The van der Waals surface area contributed by atoms with Crippen LogP contribution >= 0.6 is 23.4 Å². The molecule has 0 saturated heterocycles. The molecule has 0 saturated carbocycles. The van der Waals surface area contributed by atoms with E-state index in [1.165, 1.54) is 5.56 Å². The van der Waals surface area contributed by atoms with Gasteiger partial charge in [0, 0.05) is 27.5 Å². The van der Waals surface area contributed by atoms with Gasteiger partial charge in [0.2, 0.25) is 5.91 Å². The van der Waals surface area contributed by atoms with Crippen LogP contribution in [-0.4, -0.2) is 18.2 Å². The Morgan fingerprint density at radius 2 is 1.83 bits per heavy atom. The van der Waals surface area contributed by atoms with Gasteiger partial charge in [0.1, 0.15) is 0 Å². The molecule has 0 aliphatic carbocycles. The van der Waals surface area contributed by atoms with Crippen molar-refractivity contribution in [3.63, 3.8) is 0 Å². The van der Waals surface area contributed by atoms with Gasteiger partial charge >= 0.3 is 0 Å². The fraction of sp³-hybridized carbons (Fsp3) is 0.150. The van der Waals surface area contributed by atoms with Gasteiger partial charge in [0.15, 0.2) is 0 Å². The Kier molecular flexibility index (Phi) is 4.21. The maximum Gasteiger partial charge on any atom is 0.237 e. The van der Waals surface area contributed by atoms with Gasteiger partial charge in [0.05, 0.1) is 5.75 Å². The van der Waals surface area contributed by atoms with Crippen LogP contribution in [0.15, 0.2) is 65.6 Å². The molecule has 0 radical (unpaired) electrons. The van der Waals surface area contributed by atoms with E-state index in [-0.39, 0.29) is 5.91 Å². The minimum atomic E-state index is 0.147. The Bertz CT molecular complexity index is 919. The average Bonchev–Trinajstić information content (AvgIpc) is 3.04. The van der Waals surface area contributed by atoms with E-state index in [9.17, 15) is 4.79 Å². The largest absolute Gasteiger partial charge is 0.311 e. The maximum atomic E-state index is 12.7. The summed E-state index contributed by atoms with van der Waals surface area (Å²) < 4.78 is 0. The highest BCUT2D eigenvalue weighted by atomic mass is 35.5. The highest BCUT2D eigenvalue weighted by molar-refractivity contribution is 8.00. The average molecular weight is 354 g/mol. The molecule has 3 aromatic rings. The van der Waals surface area contributed by atoms with Crippen molar-refractivity contribution in [1.29, 1.82) is 0 Å². The van der Waals surface area contributed by atoms with Gasteiger partial charge in [-0.15, -0.1) is 11.8 Å². The van der Waals surface area contributed by atoms with Gasteiger partial charge in [-0.1, -0.05) is 54.1 Å². The number of para-hydroxylation sites is 1. The van der Waals surface area contributed by atoms with E-state index in [1.54, 1.807) is 11.8 Å². The molecule has 4 rings (SSSR count). The second-order valence-electron chi connectivity index (χ2n) is 5.81. The Hall–Kier alpha value is -1.97. The van der Waals surface area contributed by atoms with Crippen molar-refractivity contribution in [2.45, 2.75) is 11.3 Å². The molecule has 1 aliphatic heterocycles. The zero-order valence-electron chi connectivity index (χ0n) is 13.0. The Morgan fingerprint density at radius 1 is 1.04 bits per heavy atom. The minimum absolute atomic E-state index is 0.147. The topological polar surface area (TPSA) is 20.3 Å². The lowest BCUT2D eigenvalue weighted by Crippen LogP contribution is -2.30. The number of nitrogens with zero attached hydrogens (tertiary/aromatic N) is 1. The van der Waals surface area contributed by atoms with Crippen LogP contribution in [0.25, 0.3) is 10.8 Å². The summed E-state index contributed by atoms with van der Waals surface area (Å²) in [5, 5.41) is 2.86. The van der Waals surface area contributed by atoms with E-state index >= 15 is 0 Å². The van der Waals surface area contributed by atoms with Gasteiger partial charge in [-0.2, -0.15) is 0 Å². The number of carbonyl (C=O) groups excluding carboxylic acids is 1. The van der Waals surface area contributed by atoms with Gasteiger partial charge < -0.3 is 4.90 Å². The lowest BCUT2D eigenvalue weighted by Gasteiger charge is -2.17. The van der Waals surface area contributed by atoms with E-state index in [0.717, 1.165) is 39.3 Å². The van der Waals surface area contributed by atoms with Gasteiger partial charge in [-0.25, -0.2) is 0 Å². The first-order chi connectivity index (χ1) is 11.7. The molecule has 24 heavy (non-hydrogen) atoms. The molecule has 1 aliphatic rings. The molecule has 0 unspecified atom stereocenters. The lowest BCUT2D eigenvalue weighted by molar-refractivity contribution is -0.116. The van der Waals surface area contributed by atoms with E-state index in [2.05, 4.69) is 6.07 Å². The summed E-state index contributed by atoms with van der Waals surface area (Å²) in [5.74, 6) is 0.563. The summed E-state index contributed by atoms with van der Waals surface area (Å²) in [6, 6.07) is 20.1. The fourth-order valence-corrected chi connectivity index (χ4v) is 4.52. The SMILES string of the molecule is O=C(CSc1cccc2cccc(Cl)c12)N1CCc2ccccc21. The predicted molar refractivity (Wildman–Crippen MR) is 102 cm³/mol. The first kappa shape index (κ1) is 15.6. The standard InChI is InChI=1S/C20H16ClNOS/c21-16-8-3-6-15-7-4-10-18(20(15)16)24-13-19(23)22-12-11-14-5-1-2-9-17(14)22/h1-10H,11-13H2. The number of halogens is 1. The molecular formula is C20H16ClNOS. The number of benzene rings is 3. The van der Waals surface area contributed by atoms with Crippen molar-refractivity contribution in [2.75, 3.05) is 17.2 Å². The number of thioether (sulfide) groups is 1. The zero-order valence-corrected chi connectivity index (χ0v) is 14.6. The number of anilines is 1. The van der Waals surface area contributed by atoms with Crippen LogP contribution in [0.1, 0.15) is 5.56 Å². The second-order valence-corrected chi connectivity index (χ2v) is 7.23. The number of rotatable bonds is 3. The lowest BCUT2D eigenvalue weighted by atomic mass is 10.1. The molecule has 0 N–H and O–H groups in total. The summed E-state index contributed by atoms with van der Waals surface area (Å²) in [6.07, 6.45) is 0.937. The van der Waals surface area contributed by atoms with Crippen molar-refractivity contribution < 1.29 is 4.79 Å². The highest BCUT2D eigenvalue weighted by Gasteiger charge is 2.24. The molecule has 3 aromatic carbocycles. The first-order valence-electron chi connectivity index (χ1n) is 7.92. The molecule has 0 spiro atoms. The number of hydrogen-bond donors (Lipinski definition) is 0. The van der Waals surface area contributed by atoms with E-state index in [0.29, 0.717) is 5.75 Å². The van der Waals surface area contributed by atoms with Gasteiger partial charge in [-0.05, 0) is 35.6 Å². The molecule has 120 valence electrons. The molecule has 1 heterocycles. The van der Waals surface area contributed by atoms with Crippen molar-refractivity contribution in [1.82, 2.24) is 0 Å². The Labute approximate surface area is 150 Å². The smallest absolute Gasteiger partial charge is 0.237 e. The van der Waals surface area contributed by atoms with Gasteiger partial charge in [0.25, 0.3) is 0 Å². The predicted octanol–water partition coefficient (Wildman–Crippen LogP) is 5.17. The van der Waals surface area contributed by atoms with Crippen molar-refractivity contribution >= 4 is 45.7 Å². The molecule has 0 atom stereocenters. The third-order valence-electron chi connectivity index (χ3n) is 4.35. The van der Waals surface area contributed by atoms with Crippen LogP contribution in [0.2, 0.25) is 5.02 Å².